The number of benzene rings is 1. The van der Waals surface area contributed by atoms with Crippen LogP contribution in [0.4, 0.5) is 0 Å². The number of nitrogens with zero attached hydrogens (tertiary/aromatic N) is 2. The number of amides is 1. The summed E-state index contributed by atoms with van der Waals surface area (Å²) in [6, 6.07) is 6.71. The van der Waals surface area contributed by atoms with Crippen molar-refractivity contribution in [2.75, 3.05) is 19.7 Å². The molecule has 126 valence electrons. The molecule has 6 heteroatoms. The largest absolute Gasteiger partial charge is 0.452 e. The van der Waals surface area contributed by atoms with Gasteiger partial charge in [0.2, 0.25) is 0 Å². The Bertz CT molecular complexity index is 705. The Kier molecular flexibility index (Phi) is 5.89. The Labute approximate surface area is 140 Å². The fraction of sp³-hybridized carbons (Fsp3) is 0.278. The molecule has 0 atom stereocenters. The molecule has 0 aliphatic heterocycles. The molecule has 6 nitrogen and oxygen atoms in total. The summed E-state index contributed by atoms with van der Waals surface area (Å²) in [5, 5.41) is 0. The molecule has 24 heavy (non-hydrogen) atoms. The van der Waals surface area contributed by atoms with Gasteiger partial charge in [0.05, 0.1) is 11.8 Å². The second kappa shape index (κ2) is 8.10. The van der Waals surface area contributed by atoms with Crippen molar-refractivity contribution in [3.63, 3.8) is 0 Å². The Morgan fingerprint density at radius 3 is 2.54 bits per heavy atom. The van der Waals surface area contributed by atoms with E-state index in [1.807, 2.05) is 13.8 Å². The monoisotopic (exact) mass is 328 g/mol. The normalized spacial score (nSPS) is 10.2. The number of hydrogen-bond acceptors (Lipinski definition) is 5. The summed E-state index contributed by atoms with van der Waals surface area (Å²) in [5.41, 5.74) is 2.05. The molecular weight excluding hydrogens is 308 g/mol. The lowest BCUT2D eigenvalue weighted by molar-refractivity contribution is -0.133. The van der Waals surface area contributed by atoms with Gasteiger partial charge in [-0.2, -0.15) is 0 Å². The molecule has 0 saturated heterocycles. The van der Waals surface area contributed by atoms with Crippen molar-refractivity contribution in [1.82, 2.24) is 9.88 Å². The molecule has 1 heterocycles. The number of carbonyl (C=O) groups is 2. The van der Waals surface area contributed by atoms with Gasteiger partial charge in [-0.3, -0.25) is 4.79 Å². The highest BCUT2D eigenvalue weighted by atomic mass is 16.5. The van der Waals surface area contributed by atoms with Gasteiger partial charge in [-0.05, 0) is 26.0 Å². The first kappa shape index (κ1) is 17.5. The highest BCUT2D eigenvalue weighted by molar-refractivity contribution is 5.91. The minimum absolute atomic E-state index is 0.243. The van der Waals surface area contributed by atoms with Crippen LogP contribution in [0.2, 0.25) is 0 Å². The molecule has 0 N–H and O–H groups in total. The van der Waals surface area contributed by atoms with E-state index in [1.54, 1.807) is 35.4 Å². The lowest BCUT2D eigenvalue weighted by Crippen LogP contribution is -2.35. The maximum atomic E-state index is 12.0. The quantitative estimate of drug-likeness (QED) is 0.577. The predicted molar refractivity (Wildman–Crippen MR) is 89.3 cm³/mol. The number of oxazole rings is 1. The van der Waals surface area contributed by atoms with Gasteiger partial charge < -0.3 is 14.1 Å². The molecule has 0 aliphatic rings. The number of carbonyl (C=O) groups excluding carboxylic acids is 2. The zero-order valence-corrected chi connectivity index (χ0v) is 13.8. The van der Waals surface area contributed by atoms with E-state index in [0.29, 0.717) is 24.4 Å². The third kappa shape index (κ3) is 4.55. The minimum atomic E-state index is -0.543. The maximum absolute atomic E-state index is 12.0. The van der Waals surface area contributed by atoms with Crippen LogP contribution in [0.15, 0.2) is 53.4 Å². The van der Waals surface area contributed by atoms with Crippen molar-refractivity contribution in [2.24, 2.45) is 0 Å². The average Bonchev–Trinajstić information content (AvgIpc) is 3.11. The minimum Gasteiger partial charge on any atom is -0.452 e. The first-order valence-electron chi connectivity index (χ1n) is 7.59. The molecule has 1 aromatic carbocycles. The summed E-state index contributed by atoms with van der Waals surface area (Å²) in [4.78, 5) is 29.5. The van der Waals surface area contributed by atoms with Crippen LogP contribution in [-0.2, 0) is 9.53 Å². The lowest BCUT2D eigenvalue weighted by atomic mass is 10.1. The number of rotatable bonds is 7. The molecule has 2 aromatic rings. The molecule has 1 aromatic heterocycles. The summed E-state index contributed by atoms with van der Waals surface area (Å²) in [6.07, 6.45) is 2.93. The van der Waals surface area contributed by atoms with Crippen molar-refractivity contribution in [2.45, 2.75) is 13.8 Å². The predicted octanol–water partition coefficient (Wildman–Crippen LogP) is 2.92. The molecule has 2 rings (SSSR count). The van der Waals surface area contributed by atoms with Crippen molar-refractivity contribution < 1.29 is 18.7 Å². The van der Waals surface area contributed by atoms with E-state index in [0.717, 1.165) is 11.1 Å². The third-order valence-corrected chi connectivity index (χ3v) is 3.36. The number of esters is 1. The maximum Gasteiger partial charge on any atom is 0.338 e. The van der Waals surface area contributed by atoms with Gasteiger partial charge in [-0.1, -0.05) is 24.3 Å². The van der Waals surface area contributed by atoms with E-state index >= 15 is 0 Å². The molecule has 0 spiro atoms. The molecule has 0 radical (unpaired) electrons. The van der Waals surface area contributed by atoms with Crippen molar-refractivity contribution in [3.05, 3.63) is 54.6 Å². The highest BCUT2D eigenvalue weighted by Gasteiger charge is 2.15. The Balaban J connectivity index is 1.92. The van der Waals surface area contributed by atoms with Crippen LogP contribution in [-0.4, -0.2) is 41.5 Å². The van der Waals surface area contributed by atoms with Crippen LogP contribution in [0.3, 0.4) is 0 Å². The van der Waals surface area contributed by atoms with Crippen LogP contribution in [0.1, 0.15) is 24.2 Å². The average molecular weight is 328 g/mol. The van der Waals surface area contributed by atoms with E-state index in [2.05, 4.69) is 11.6 Å². The Hall–Kier alpha value is -2.89. The number of hydrogen-bond donors (Lipinski definition) is 0. The van der Waals surface area contributed by atoms with Gasteiger partial charge in [0.25, 0.3) is 5.91 Å². The topological polar surface area (TPSA) is 72.6 Å². The van der Waals surface area contributed by atoms with Gasteiger partial charge in [0, 0.05) is 18.7 Å². The number of likely N-dealkylation sites (N-methyl/N-ethyl adjacent to an activating group) is 1. The molecule has 0 unspecified atom stereocenters. The van der Waals surface area contributed by atoms with Crippen molar-refractivity contribution in [3.8, 4) is 11.3 Å². The fourth-order valence-electron chi connectivity index (χ4n) is 2.13. The van der Waals surface area contributed by atoms with Gasteiger partial charge in [-0.25, -0.2) is 9.78 Å². The Morgan fingerprint density at radius 2 is 2.00 bits per heavy atom. The first-order valence-corrected chi connectivity index (χ1v) is 7.59. The summed E-state index contributed by atoms with van der Waals surface area (Å²) >= 11 is 0. The molecule has 1 amide bonds. The van der Waals surface area contributed by atoms with Gasteiger partial charge in [-0.15, -0.1) is 0 Å². The molecule has 0 saturated carbocycles. The van der Waals surface area contributed by atoms with Crippen LogP contribution >= 0.6 is 0 Å². The lowest BCUT2D eigenvalue weighted by Gasteiger charge is -2.20. The number of ether oxygens (including phenoxy) is 1. The summed E-state index contributed by atoms with van der Waals surface area (Å²) in [7, 11) is 0. The SMILES string of the molecule is C=C(C)CN(CC)C(=O)COC(=O)c1ccc(-c2cnco2)cc1. The fourth-order valence-corrected chi connectivity index (χ4v) is 2.13. The van der Waals surface area contributed by atoms with E-state index in [1.165, 1.54) is 6.39 Å². The molecular formula is C18H20N2O4. The van der Waals surface area contributed by atoms with Gasteiger partial charge in [0.15, 0.2) is 18.8 Å². The van der Waals surface area contributed by atoms with E-state index in [9.17, 15) is 9.59 Å². The number of aromatic nitrogens is 1. The van der Waals surface area contributed by atoms with Crippen LogP contribution in [0.25, 0.3) is 11.3 Å². The van der Waals surface area contributed by atoms with Crippen molar-refractivity contribution in [1.29, 1.82) is 0 Å². The molecule has 0 bridgehead atoms. The summed E-state index contributed by atoms with van der Waals surface area (Å²) in [5.74, 6) is -0.172. The van der Waals surface area contributed by atoms with Crippen LogP contribution in [0.5, 0.6) is 0 Å². The molecule has 0 aliphatic carbocycles. The van der Waals surface area contributed by atoms with E-state index in [-0.39, 0.29) is 12.5 Å². The molecule has 0 fully saturated rings. The standard InChI is InChI=1S/C18H20N2O4/c1-4-20(10-13(2)3)17(21)11-23-18(22)15-7-5-14(6-8-15)16-9-19-12-24-16/h5-9,12H,2,4,10-11H2,1,3H3. The second-order valence-corrected chi connectivity index (χ2v) is 5.38. The first-order chi connectivity index (χ1) is 11.5. The third-order valence-electron chi connectivity index (χ3n) is 3.36. The zero-order valence-electron chi connectivity index (χ0n) is 13.8. The van der Waals surface area contributed by atoms with Crippen LogP contribution in [0, 0.1) is 0 Å². The Morgan fingerprint density at radius 1 is 1.29 bits per heavy atom. The second-order valence-electron chi connectivity index (χ2n) is 5.38. The van der Waals surface area contributed by atoms with Crippen molar-refractivity contribution >= 4 is 11.9 Å². The van der Waals surface area contributed by atoms with E-state index < -0.39 is 5.97 Å². The summed E-state index contributed by atoms with van der Waals surface area (Å²) < 4.78 is 10.3. The van der Waals surface area contributed by atoms with Gasteiger partial charge >= 0.3 is 5.97 Å². The highest BCUT2D eigenvalue weighted by Crippen LogP contribution is 2.19. The van der Waals surface area contributed by atoms with Gasteiger partial charge in [0.1, 0.15) is 0 Å². The van der Waals surface area contributed by atoms with E-state index in [4.69, 9.17) is 9.15 Å². The smallest absolute Gasteiger partial charge is 0.338 e. The zero-order chi connectivity index (χ0) is 17.5. The van der Waals surface area contributed by atoms with Crippen LogP contribution < -0.4 is 0 Å². The summed E-state index contributed by atoms with van der Waals surface area (Å²) in [6.45, 7) is 8.20.